The first-order valence-electron chi connectivity index (χ1n) is 4.63. The highest BCUT2D eigenvalue weighted by molar-refractivity contribution is 7.89. The number of nitrogen functional groups attached to an aromatic ring is 1. The van der Waals surface area contributed by atoms with Crippen LogP contribution in [0.3, 0.4) is 0 Å². The number of nitrogens with zero attached hydrogens (tertiary/aromatic N) is 1. The summed E-state index contributed by atoms with van der Waals surface area (Å²) in [6.07, 6.45) is 1.40. The molecule has 5 nitrogen and oxygen atoms in total. The quantitative estimate of drug-likeness (QED) is 0.791. The highest BCUT2D eigenvalue weighted by Gasteiger charge is 2.18. The maximum atomic E-state index is 11.7. The SMILES string of the molecule is CC(C)CNS(=O)(=O)c1ncccc1N. The van der Waals surface area contributed by atoms with Crippen molar-refractivity contribution in [2.45, 2.75) is 18.9 Å². The molecule has 15 heavy (non-hydrogen) atoms. The summed E-state index contributed by atoms with van der Waals surface area (Å²) in [5, 5.41) is -0.106. The van der Waals surface area contributed by atoms with E-state index in [4.69, 9.17) is 5.73 Å². The fraction of sp³-hybridized carbons (Fsp3) is 0.444. The second-order valence-electron chi connectivity index (χ2n) is 3.64. The van der Waals surface area contributed by atoms with Gasteiger partial charge in [0, 0.05) is 12.7 Å². The van der Waals surface area contributed by atoms with Crippen molar-refractivity contribution in [3.63, 3.8) is 0 Å². The Morgan fingerprint density at radius 1 is 1.53 bits per heavy atom. The summed E-state index contributed by atoms with van der Waals surface area (Å²) in [5.41, 5.74) is 5.69. The number of nitrogens with one attached hydrogen (secondary N) is 1. The summed E-state index contributed by atoms with van der Waals surface area (Å²) < 4.78 is 25.9. The molecule has 1 aromatic rings. The Kier molecular flexibility index (Phi) is 3.65. The van der Waals surface area contributed by atoms with Crippen molar-refractivity contribution in [1.29, 1.82) is 0 Å². The smallest absolute Gasteiger partial charge is 0.260 e. The number of hydrogen-bond acceptors (Lipinski definition) is 4. The number of aromatic nitrogens is 1. The predicted octanol–water partition coefficient (Wildman–Crippen LogP) is 0.598. The molecule has 0 bridgehead atoms. The lowest BCUT2D eigenvalue weighted by Gasteiger charge is -2.09. The largest absolute Gasteiger partial charge is 0.396 e. The van der Waals surface area contributed by atoms with Crippen molar-refractivity contribution in [1.82, 2.24) is 9.71 Å². The van der Waals surface area contributed by atoms with Gasteiger partial charge < -0.3 is 5.73 Å². The number of nitrogens with two attached hydrogens (primary N) is 1. The lowest BCUT2D eigenvalue weighted by molar-refractivity contribution is 0.557. The van der Waals surface area contributed by atoms with Gasteiger partial charge in [0.15, 0.2) is 5.03 Å². The second kappa shape index (κ2) is 4.59. The summed E-state index contributed by atoms with van der Waals surface area (Å²) in [7, 11) is -3.57. The third-order valence-corrected chi connectivity index (χ3v) is 3.13. The van der Waals surface area contributed by atoms with Gasteiger partial charge in [-0.2, -0.15) is 0 Å². The minimum atomic E-state index is -3.57. The van der Waals surface area contributed by atoms with Crippen LogP contribution in [0.4, 0.5) is 5.69 Å². The molecule has 0 saturated heterocycles. The molecule has 3 N–H and O–H groups in total. The summed E-state index contributed by atoms with van der Waals surface area (Å²) in [6.45, 7) is 4.22. The Bertz CT molecular complexity index is 429. The van der Waals surface area contributed by atoms with Crippen LogP contribution in [0.15, 0.2) is 23.4 Å². The number of sulfonamides is 1. The monoisotopic (exact) mass is 229 g/mol. The fourth-order valence-corrected chi connectivity index (χ4v) is 2.24. The van der Waals surface area contributed by atoms with Crippen molar-refractivity contribution in [3.05, 3.63) is 18.3 Å². The molecule has 0 unspecified atom stereocenters. The highest BCUT2D eigenvalue weighted by Crippen LogP contribution is 2.13. The van der Waals surface area contributed by atoms with E-state index in [1.807, 2.05) is 13.8 Å². The minimum absolute atomic E-state index is 0.106. The van der Waals surface area contributed by atoms with Gasteiger partial charge in [0.25, 0.3) is 10.0 Å². The van der Waals surface area contributed by atoms with E-state index in [1.165, 1.54) is 12.3 Å². The molecule has 0 aromatic carbocycles. The molecule has 0 atom stereocenters. The Hall–Kier alpha value is -1.14. The van der Waals surface area contributed by atoms with Crippen molar-refractivity contribution in [3.8, 4) is 0 Å². The van der Waals surface area contributed by atoms with Crippen molar-refractivity contribution in [2.24, 2.45) is 5.92 Å². The predicted molar refractivity (Wildman–Crippen MR) is 58.7 cm³/mol. The zero-order valence-electron chi connectivity index (χ0n) is 8.77. The first-order valence-corrected chi connectivity index (χ1v) is 6.12. The van der Waals surface area contributed by atoms with Gasteiger partial charge in [-0.15, -0.1) is 0 Å². The fourth-order valence-electron chi connectivity index (χ4n) is 0.973. The Balaban J connectivity index is 2.92. The van der Waals surface area contributed by atoms with E-state index in [0.717, 1.165) is 0 Å². The molecule has 6 heteroatoms. The molecule has 1 aromatic heterocycles. The van der Waals surface area contributed by atoms with Crippen LogP contribution in [-0.4, -0.2) is 19.9 Å². The minimum Gasteiger partial charge on any atom is -0.396 e. The molecule has 0 saturated carbocycles. The van der Waals surface area contributed by atoms with Crippen LogP contribution in [0.1, 0.15) is 13.8 Å². The summed E-state index contributed by atoms with van der Waals surface area (Å²) in [4.78, 5) is 3.75. The normalized spacial score (nSPS) is 11.9. The van der Waals surface area contributed by atoms with E-state index < -0.39 is 10.0 Å². The highest BCUT2D eigenvalue weighted by atomic mass is 32.2. The van der Waals surface area contributed by atoms with Crippen LogP contribution in [0, 0.1) is 5.92 Å². The van der Waals surface area contributed by atoms with E-state index in [-0.39, 0.29) is 16.6 Å². The van der Waals surface area contributed by atoms with Crippen LogP contribution in [0.5, 0.6) is 0 Å². The van der Waals surface area contributed by atoms with E-state index in [2.05, 4.69) is 9.71 Å². The van der Waals surface area contributed by atoms with Crippen molar-refractivity contribution < 1.29 is 8.42 Å². The maximum Gasteiger partial charge on any atom is 0.260 e. The van der Waals surface area contributed by atoms with Crippen molar-refractivity contribution in [2.75, 3.05) is 12.3 Å². The number of pyridine rings is 1. The molecule has 1 heterocycles. The van der Waals surface area contributed by atoms with Crippen LogP contribution in [0.25, 0.3) is 0 Å². The van der Waals surface area contributed by atoms with E-state index in [0.29, 0.717) is 6.54 Å². The summed E-state index contributed by atoms with van der Waals surface area (Å²) >= 11 is 0. The first-order chi connectivity index (χ1) is 6.93. The van der Waals surface area contributed by atoms with Gasteiger partial charge in [0.1, 0.15) is 0 Å². The van der Waals surface area contributed by atoms with Gasteiger partial charge in [-0.3, -0.25) is 0 Å². The summed E-state index contributed by atoms with van der Waals surface area (Å²) in [5.74, 6) is 0.240. The molecular formula is C9H15N3O2S. The van der Waals surface area contributed by atoms with Gasteiger partial charge in [-0.25, -0.2) is 18.1 Å². The summed E-state index contributed by atoms with van der Waals surface area (Å²) in [6, 6.07) is 3.10. The molecule has 0 spiro atoms. The molecule has 0 amide bonds. The van der Waals surface area contributed by atoms with E-state index in [9.17, 15) is 8.42 Å². The Labute approximate surface area is 89.8 Å². The van der Waals surface area contributed by atoms with Gasteiger partial charge in [0.2, 0.25) is 0 Å². The lowest BCUT2D eigenvalue weighted by atomic mass is 10.2. The van der Waals surface area contributed by atoms with Crippen LogP contribution >= 0.6 is 0 Å². The average Bonchev–Trinajstić information content (AvgIpc) is 2.15. The van der Waals surface area contributed by atoms with Crippen molar-refractivity contribution >= 4 is 15.7 Å². The molecular weight excluding hydrogens is 214 g/mol. The first kappa shape index (κ1) is 11.9. The molecule has 0 aliphatic rings. The van der Waals surface area contributed by atoms with Crippen LogP contribution in [0.2, 0.25) is 0 Å². The average molecular weight is 229 g/mol. The van der Waals surface area contributed by atoms with Gasteiger partial charge in [-0.05, 0) is 18.1 Å². The Morgan fingerprint density at radius 2 is 2.20 bits per heavy atom. The second-order valence-corrected chi connectivity index (χ2v) is 5.33. The van der Waals surface area contributed by atoms with Gasteiger partial charge >= 0.3 is 0 Å². The molecule has 1 rings (SSSR count). The maximum absolute atomic E-state index is 11.7. The zero-order chi connectivity index (χ0) is 11.5. The third-order valence-electron chi connectivity index (χ3n) is 1.74. The standard InChI is InChI=1S/C9H15N3O2S/c1-7(2)6-12-15(13,14)9-8(10)4-3-5-11-9/h3-5,7,12H,6,10H2,1-2H3. The van der Waals surface area contributed by atoms with Gasteiger partial charge in [0.05, 0.1) is 5.69 Å². The zero-order valence-corrected chi connectivity index (χ0v) is 9.58. The molecule has 0 aliphatic heterocycles. The number of rotatable bonds is 4. The number of anilines is 1. The van der Waals surface area contributed by atoms with Crippen LogP contribution in [-0.2, 0) is 10.0 Å². The molecule has 0 aliphatic carbocycles. The topological polar surface area (TPSA) is 85.1 Å². The Morgan fingerprint density at radius 3 is 2.73 bits per heavy atom. The lowest BCUT2D eigenvalue weighted by Crippen LogP contribution is -2.28. The third kappa shape index (κ3) is 3.17. The molecule has 0 radical (unpaired) electrons. The number of hydrogen-bond donors (Lipinski definition) is 2. The van der Waals surface area contributed by atoms with Crippen LogP contribution < -0.4 is 10.5 Å². The molecule has 84 valence electrons. The van der Waals surface area contributed by atoms with Gasteiger partial charge in [-0.1, -0.05) is 13.8 Å². The van der Waals surface area contributed by atoms with E-state index >= 15 is 0 Å². The van der Waals surface area contributed by atoms with E-state index in [1.54, 1.807) is 6.07 Å². The molecule has 0 fully saturated rings.